The maximum absolute atomic E-state index is 2.41. The lowest BCUT2D eigenvalue weighted by Gasteiger charge is -2.30. The zero-order valence-corrected chi connectivity index (χ0v) is 14.9. The predicted octanol–water partition coefficient (Wildman–Crippen LogP) is 4.88. The minimum absolute atomic E-state index is 0.534. The monoisotopic (exact) mass is 317 g/mol. The maximum atomic E-state index is 2.41. The number of imidazole rings is 1. The molecule has 0 aliphatic heterocycles. The lowest BCUT2D eigenvalue weighted by molar-refractivity contribution is -0.718. The number of aromatic nitrogens is 2. The van der Waals surface area contributed by atoms with E-state index in [1.807, 2.05) is 0 Å². The van der Waals surface area contributed by atoms with Crippen LogP contribution >= 0.6 is 11.8 Å². The van der Waals surface area contributed by atoms with Crippen LogP contribution in [0.3, 0.4) is 0 Å². The topological polar surface area (TPSA) is 8.29 Å². The van der Waals surface area contributed by atoms with Crippen LogP contribution in [0, 0.1) is 5.92 Å². The minimum Gasteiger partial charge on any atom is -0.232 e. The third-order valence-corrected chi connectivity index (χ3v) is 7.08. The van der Waals surface area contributed by atoms with E-state index in [1.165, 1.54) is 37.6 Å². The summed E-state index contributed by atoms with van der Waals surface area (Å²) in [6.07, 6.45) is 13.8. The Kier molecular flexibility index (Phi) is 5.12. The van der Waals surface area contributed by atoms with Crippen molar-refractivity contribution in [3.63, 3.8) is 0 Å². The molecule has 3 rings (SSSR count). The number of fused-ring (bicyclic) bond motifs is 1. The largest absolute Gasteiger partial charge is 0.249 e. The van der Waals surface area contributed by atoms with Crippen LogP contribution in [-0.4, -0.2) is 14.9 Å². The van der Waals surface area contributed by atoms with E-state index in [4.69, 9.17) is 0 Å². The molecular formula is C19H29N2S+. The Hall–Kier alpha value is -0.960. The van der Waals surface area contributed by atoms with E-state index in [0.29, 0.717) is 17.2 Å². The third kappa shape index (κ3) is 3.51. The van der Waals surface area contributed by atoms with Gasteiger partial charge in [0.05, 0.1) is 6.20 Å². The van der Waals surface area contributed by atoms with Crippen molar-refractivity contribution in [1.82, 2.24) is 4.40 Å². The number of hydrogen-bond acceptors (Lipinski definition) is 1. The highest BCUT2D eigenvalue weighted by Gasteiger charge is 2.30. The lowest BCUT2D eigenvalue weighted by atomic mass is 10.0. The number of thioether (sulfide) groups is 1. The molecule has 2 heterocycles. The first-order chi connectivity index (χ1) is 10.6. The van der Waals surface area contributed by atoms with Gasteiger partial charge in [0, 0.05) is 10.5 Å². The van der Waals surface area contributed by atoms with E-state index in [-0.39, 0.29) is 0 Å². The molecule has 3 heteroatoms. The molecule has 1 aliphatic rings. The molecule has 0 spiro atoms. The molecule has 1 aliphatic carbocycles. The third-order valence-electron chi connectivity index (χ3n) is 4.97. The molecule has 22 heavy (non-hydrogen) atoms. The van der Waals surface area contributed by atoms with E-state index >= 15 is 0 Å². The Morgan fingerprint density at radius 1 is 1.14 bits per heavy atom. The van der Waals surface area contributed by atoms with E-state index in [2.05, 4.69) is 78.4 Å². The number of nitrogens with zero attached hydrogens (tertiary/aromatic N) is 2. The summed E-state index contributed by atoms with van der Waals surface area (Å²) in [5, 5.41) is 1.56. The van der Waals surface area contributed by atoms with Gasteiger partial charge in [0.25, 0.3) is 0 Å². The van der Waals surface area contributed by atoms with Gasteiger partial charge in [-0.15, -0.1) is 0 Å². The van der Waals surface area contributed by atoms with E-state index in [1.54, 1.807) is 0 Å². The number of hydrogen-bond donors (Lipinski definition) is 0. The standard InChI is InChI=1S/C19H29N2S/c1-15(2)19(22-18-10-5-4-6-11-18)16(3)21-13-17-9-7-8-12-20(17)14-21/h7-9,12-16,18-19H,4-6,10-11H2,1-3H3/q+1/t16-,19+/m0/s1. The molecule has 2 nitrogen and oxygen atoms in total. The molecule has 0 saturated heterocycles. The van der Waals surface area contributed by atoms with Crippen molar-refractivity contribution < 1.29 is 4.57 Å². The second kappa shape index (κ2) is 7.08. The number of rotatable bonds is 5. The summed E-state index contributed by atoms with van der Waals surface area (Å²) in [6, 6.07) is 6.92. The van der Waals surface area contributed by atoms with Crippen molar-refractivity contribution in [2.24, 2.45) is 5.92 Å². The average Bonchev–Trinajstić information content (AvgIpc) is 2.97. The normalized spacial score (nSPS) is 19.6. The molecule has 120 valence electrons. The van der Waals surface area contributed by atoms with Gasteiger partial charge < -0.3 is 0 Å². The van der Waals surface area contributed by atoms with E-state index in [9.17, 15) is 0 Å². The molecule has 0 N–H and O–H groups in total. The molecular weight excluding hydrogens is 288 g/mol. The minimum atomic E-state index is 0.534. The highest BCUT2D eigenvalue weighted by Crippen LogP contribution is 2.37. The Labute approximate surface area is 138 Å². The second-order valence-electron chi connectivity index (χ2n) is 7.07. The quantitative estimate of drug-likeness (QED) is 0.714. The summed E-state index contributed by atoms with van der Waals surface area (Å²) in [7, 11) is 0. The average molecular weight is 318 g/mol. The van der Waals surface area contributed by atoms with Crippen LogP contribution in [-0.2, 0) is 0 Å². The second-order valence-corrected chi connectivity index (χ2v) is 8.55. The van der Waals surface area contributed by atoms with Crippen LogP contribution in [0.4, 0.5) is 0 Å². The van der Waals surface area contributed by atoms with Gasteiger partial charge in [-0.1, -0.05) is 39.2 Å². The van der Waals surface area contributed by atoms with Gasteiger partial charge in [-0.05, 0) is 37.8 Å². The van der Waals surface area contributed by atoms with Gasteiger partial charge in [0.2, 0.25) is 6.33 Å². The summed E-state index contributed by atoms with van der Waals surface area (Å²) in [5.74, 6) is 0.706. The van der Waals surface area contributed by atoms with Gasteiger partial charge in [-0.25, -0.2) is 8.97 Å². The smallest absolute Gasteiger partial charge is 0.232 e. The number of pyridine rings is 1. The fourth-order valence-corrected chi connectivity index (χ4v) is 5.39. The van der Waals surface area contributed by atoms with Crippen molar-refractivity contribution in [2.45, 2.75) is 69.4 Å². The van der Waals surface area contributed by atoms with Crippen molar-refractivity contribution >= 4 is 17.3 Å². The molecule has 2 aromatic rings. The van der Waals surface area contributed by atoms with Crippen LogP contribution < -0.4 is 4.57 Å². The van der Waals surface area contributed by atoms with Crippen LogP contribution in [0.1, 0.15) is 58.9 Å². The summed E-state index contributed by atoms with van der Waals surface area (Å²) < 4.78 is 4.63. The first-order valence-electron chi connectivity index (χ1n) is 8.78. The van der Waals surface area contributed by atoms with Crippen LogP contribution in [0.2, 0.25) is 0 Å². The summed E-state index contributed by atoms with van der Waals surface area (Å²) in [4.78, 5) is 0. The highest BCUT2D eigenvalue weighted by atomic mass is 32.2. The maximum Gasteiger partial charge on any atom is 0.249 e. The van der Waals surface area contributed by atoms with Crippen LogP contribution in [0.5, 0.6) is 0 Å². The molecule has 0 amide bonds. The Bertz CT molecular complexity index is 565. The van der Waals surface area contributed by atoms with Gasteiger partial charge >= 0.3 is 0 Å². The molecule has 2 atom stereocenters. The molecule has 0 aromatic carbocycles. The van der Waals surface area contributed by atoms with Gasteiger partial charge in [0.1, 0.15) is 12.2 Å². The van der Waals surface area contributed by atoms with Crippen molar-refractivity contribution in [3.8, 4) is 0 Å². The zero-order valence-electron chi connectivity index (χ0n) is 14.1. The highest BCUT2D eigenvalue weighted by molar-refractivity contribution is 8.00. The fraction of sp³-hybridized carbons (Fsp3) is 0.632. The predicted molar refractivity (Wildman–Crippen MR) is 95.4 cm³/mol. The zero-order chi connectivity index (χ0) is 15.5. The van der Waals surface area contributed by atoms with Crippen LogP contribution in [0.25, 0.3) is 5.52 Å². The van der Waals surface area contributed by atoms with Gasteiger partial charge in [0.15, 0.2) is 5.52 Å². The molecule has 1 saturated carbocycles. The first kappa shape index (κ1) is 15.9. The molecule has 0 radical (unpaired) electrons. The summed E-state index contributed by atoms with van der Waals surface area (Å²) in [6.45, 7) is 7.15. The summed E-state index contributed by atoms with van der Waals surface area (Å²) in [5.41, 5.74) is 1.28. The summed E-state index contributed by atoms with van der Waals surface area (Å²) >= 11 is 2.26. The van der Waals surface area contributed by atoms with E-state index < -0.39 is 0 Å². The van der Waals surface area contributed by atoms with E-state index in [0.717, 1.165) is 5.25 Å². The molecule has 0 bridgehead atoms. The van der Waals surface area contributed by atoms with Gasteiger partial charge in [-0.3, -0.25) is 0 Å². The molecule has 0 unspecified atom stereocenters. The lowest BCUT2D eigenvalue weighted by Crippen LogP contribution is -2.44. The molecule has 1 fully saturated rings. The van der Waals surface area contributed by atoms with Gasteiger partial charge in [-0.2, -0.15) is 11.8 Å². The van der Waals surface area contributed by atoms with Crippen LogP contribution in [0.15, 0.2) is 36.9 Å². The molecule has 2 aromatic heterocycles. The van der Waals surface area contributed by atoms with Crippen molar-refractivity contribution in [1.29, 1.82) is 0 Å². The first-order valence-corrected chi connectivity index (χ1v) is 9.72. The fourth-order valence-electron chi connectivity index (χ4n) is 3.66. The van der Waals surface area contributed by atoms with Crippen molar-refractivity contribution in [2.75, 3.05) is 0 Å². The Morgan fingerprint density at radius 2 is 1.91 bits per heavy atom. The van der Waals surface area contributed by atoms with Crippen molar-refractivity contribution in [3.05, 3.63) is 36.9 Å². The Balaban J connectivity index is 1.77. The SMILES string of the molecule is CC(C)[C@@H](SC1CCCCC1)[C@H](C)[n+]1cc2ccccn2c1. The Morgan fingerprint density at radius 3 is 2.59 bits per heavy atom.